The van der Waals surface area contributed by atoms with Gasteiger partial charge >= 0.3 is 11.8 Å². The topological polar surface area (TPSA) is 58.2 Å². The van der Waals surface area contributed by atoms with Crippen molar-refractivity contribution in [1.29, 1.82) is 0 Å². The molecule has 0 unspecified atom stereocenters. The van der Waals surface area contributed by atoms with E-state index in [0.717, 1.165) is 32.1 Å². The molecule has 0 radical (unpaired) electrons. The first-order valence-corrected chi connectivity index (χ1v) is 6.73. The molecule has 2 amide bonds. The first kappa shape index (κ1) is 14.0. The Hall–Kier alpha value is -1.06. The summed E-state index contributed by atoms with van der Waals surface area (Å²) in [6, 6.07) is 0.174. The molecule has 4 nitrogen and oxygen atoms in total. The molecule has 0 aliphatic heterocycles. The Morgan fingerprint density at radius 1 is 1.18 bits per heavy atom. The second kappa shape index (κ2) is 7.30. The third-order valence-electron chi connectivity index (χ3n) is 3.45. The maximum absolute atomic E-state index is 11.6. The minimum atomic E-state index is -0.490. The van der Waals surface area contributed by atoms with Crippen molar-refractivity contribution in [3.63, 3.8) is 0 Å². The quantitative estimate of drug-likeness (QED) is 0.579. The molecule has 1 aliphatic carbocycles. The van der Waals surface area contributed by atoms with Gasteiger partial charge in [-0.1, -0.05) is 33.1 Å². The molecule has 17 heavy (non-hydrogen) atoms. The van der Waals surface area contributed by atoms with Crippen LogP contribution in [0.5, 0.6) is 0 Å². The van der Waals surface area contributed by atoms with Gasteiger partial charge in [-0.25, -0.2) is 0 Å². The highest BCUT2D eigenvalue weighted by molar-refractivity contribution is 6.35. The van der Waals surface area contributed by atoms with E-state index in [1.807, 2.05) is 0 Å². The lowest BCUT2D eigenvalue weighted by molar-refractivity contribution is -0.140. The molecule has 2 atom stereocenters. The Kier molecular flexibility index (Phi) is 6.01. The van der Waals surface area contributed by atoms with Crippen LogP contribution in [0.3, 0.4) is 0 Å². The Labute approximate surface area is 104 Å². The van der Waals surface area contributed by atoms with Gasteiger partial charge in [0.25, 0.3) is 0 Å². The van der Waals surface area contributed by atoms with Gasteiger partial charge in [0, 0.05) is 12.6 Å². The van der Waals surface area contributed by atoms with Crippen LogP contribution in [0.1, 0.15) is 52.4 Å². The van der Waals surface area contributed by atoms with E-state index in [9.17, 15) is 9.59 Å². The number of hydrogen-bond donors (Lipinski definition) is 2. The van der Waals surface area contributed by atoms with Crippen molar-refractivity contribution >= 4 is 11.8 Å². The second-order valence-electron chi connectivity index (χ2n) is 4.95. The predicted octanol–water partition coefficient (Wildman–Crippen LogP) is 1.60. The van der Waals surface area contributed by atoms with Crippen molar-refractivity contribution in [2.24, 2.45) is 5.92 Å². The molecule has 0 aromatic heterocycles. The monoisotopic (exact) mass is 240 g/mol. The van der Waals surface area contributed by atoms with Gasteiger partial charge in [0.1, 0.15) is 0 Å². The summed E-state index contributed by atoms with van der Waals surface area (Å²) in [4.78, 5) is 23.1. The van der Waals surface area contributed by atoms with Gasteiger partial charge in [-0.05, 0) is 25.2 Å². The average molecular weight is 240 g/mol. The summed E-state index contributed by atoms with van der Waals surface area (Å²) < 4.78 is 0. The van der Waals surface area contributed by atoms with Crippen LogP contribution in [0, 0.1) is 5.92 Å². The van der Waals surface area contributed by atoms with Crippen LogP contribution in [0.2, 0.25) is 0 Å². The van der Waals surface area contributed by atoms with Crippen molar-refractivity contribution in [3.05, 3.63) is 0 Å². The van der Waals surface area contributed by atoms with Crippen LogP contribution in [0.15, 0.2) is 0 Å². The first-order valence-electron chi connectivity index (χ1n) is 6.73. The van der Waals surface area contributed by atoms with Gasteiger partial charge < -0.3 is 10.6 Å². The van der Waals surface area contributed by atoms with Crippen molar-refractivity contribution < 1.29 is 9.59 Å². The average Bonchev–Trinajstić information content (AvgIpc) is 2.32. The van der Waals surface area contributed by atoms with Gasteiger partial charge in [0.05, 0.1) is 0 Å². The minimum Gasteiger partial charge on any atom is -0.348 e. The van der Waals surface area contributed by atoms with E-state index in [1.165, 1.54) is 6.42 Å². The van der Waals surface area contributed by atoms with Gasteiger partial charge in [0.2, 0.25) is 0 Å². The van der Waals surface area contributed by atoms with Crippen LogP contribution in [0.4, 0.5) is 0 Å². The Balaban J connectivity index is 2.29. The number of rotatable bonds is 4. The van der Waals surface area contributed by atoms with E-state index in [0.29, 0.717) is 12.5 Å². The molecule has 0 heterocycles. The molecular formula is C13H24N2O2. The summed E-state index contributed by atoms with van der Waals surface area (Å²) in [6.45, 7) is 4.78. The molecule has 1 rings (SSSR count). The Bertz CT molecular complexity index is 266. The fourth-order valence-electron chi connectivity index (χ4n) is 2.22. The summed E-state index contributed by atoms with van der Waals surface area (Å²) in [6.07, 6.45) is 6.45. The summed E-state index contributed by atoms with van der Waals surface area (Å²) in [5.41, 5.74) is 0. The fraction of sp³-hybridized carbons (Fsp3) is 0.846. The van der Waals surface area contributed by atoms with E-state index in [-0.39, 0.29) is 6.04 Å². The molecular weight excluding hydrogens is 216 g/mol. The van der Waals surface area contributed by atoms with Crippen molar-refractivity contribution in [3.8, 4) is 0 Å². The highest BCUT2D eigenvalue weighted by Gasteiger charge is 2.25. The molecule has 0 bridgehead atoms. The van der Waals surface area contributed by atoms with Crippen molar-refractivity contribution in [2.45, 2.75) is 58.4 Å². The lowest BCUT2D eigenvalue weighted by atomic mass is 9.86. The molecule has 0 saturated heterocycles. The fourth-order valence-corrected chi connectivity index (χ4v) is 2.22. The maximum atomic E-state index is 11.6. The minimum absolute atomic E-state index is 0.174. The molecule has 0 spiro atoms. The van der Waals surface area contributed by atoms with Gasteiger partial charge in [-0.15, -0.1) is 0 Å². The molecule has 4 heteroatoms. The molecule has 0 aromatic carbocycles. The number of carbonyl (C=O) groups is 2. The van der Waals surface area contributed by atoms with Gasteiger partial charge in [-0.2, -0.15) is 0 Å². The molecule has 1 aliphatic rings. The highest BCUT2D eigenvalue weighted by Crippen LogP contribution is 2.23. The van der Waals surface area contributed by atoms with Gasteiger partial charge in [-0.3, -0.25) is 9.59 Å². The van der Waals surface area contributed by atoms with E-state index < -0.39 is 11.8 Å². The largest absolute Gasteiger partial charge is 0.348 e. The lowest BCUT2D eigenvalue weighted by Gasteiger charge is -2.29. The summed E-state index contributed by atoms with van der Waals surface area (Å²) in [5.74, 6) is -0.479. The summed E-state index contributed by atoms with van der Waals surface area (Å²) >= 11 is 0. The zero-order valence-corrected chi connectivity index (χ0v) is 10.9. The van der Waals surface area contributed by atoms with Crippen LogP contribution in [-0.4, -0.2) is 24.4 Å². The second-order valence-corrected chi connectivity index (χ2v) is 4.95. The number of nitrogens with one attached hydrogen (secondary N) is 2. The number of unbranched alkanes of at least 4 members (excludes halogenated alkanes) is 1. The van der Waals surface area contributed by atoms with E-state index >= 15 is 0 Å². The highest BCUT2D eigenvalue weighted by atomic mass is 16.2. The van der Waals surface area contributed by atoms with Crippen molar-refractivity contribution in [2.75, 3.05) is 6.54 Å². The normalized spacial score (nSPS) is 24.1. The van der Waals surface area contributed by atoms with Crippen molar-refractivity contribution in [1.82, 2.24) is 10.6 Å². The van der Waals surface area contributed by atoms with Gasteiger partial charge in [0.15, 0.2) is 0 Å². The SMILES string of the molecule is CCCCNC(=O)C(=O)N[C@H]1CCCC[C@H]1C. The zero-order valence-electron chi connectivity index (χ0n) is 10.9. The zero-order chi connectivity index (χ0) is 12.7. The number of amides is 2. The third-order valence-corrected chi connectivity index (χ3v) is 3.45. The Morgan fingerprint density at radius 2 is 1.88 bits per heavy atom. The first-order chi connectivity index (χ1) is 8.15. The Morgan fingerprint density at radius 3 is 2.53 bits per heavy atom. The third kappa shape index (κ3) is 4.75. The number of carbonyl (C=O) groups excluding carboxylic acids is 2. The van der Waals surface area contributed by atoms with Crippen LogP contribution in [-0.2, 0) is 9.59 Å². The lowest BCUT2D eigenvalue weighted by Crippen LogP contribution is -2.47. The van der Waals surface area contributed by atoms with E-state index in [1.54, 1.807) is 0 Å². The van der Waals surface area contributed by atoms with E-state index in [2.05, 4.69) is 24.5 Å². The van der Waals surface area contributed by atoms with Crippen LogP contribution < -0.4 is 10.6 Å². The van der Waals surface area contributed by atoms with Crippen LogP contribution >= 0.6 is 0 Å². The van der Waals surface area contributed by atoms with Crippen LogP contribution in [0.25, 0.3) is 0 Å². The smallest absolute Gasteiger partial charge is 0.309 e. The predicted molar refractivity (Wildman–Crippen MR) is 67.5 cm³/mol. The molecule has 98 valence electrons. The maximum Gasteiger partial charge on any atom is 0.309 e. The molecule has 0 aromatic rings. The molecule has 1 saturated carbocycles. The number of hydrogen-bond acceptors (Lipinski definition) is 2. The standard InChI is InChI=1S/C13H24N2O2/c1-3-4-9-14-12(16)13(17)15-11-8-6-5-7-10(11)2/h10-11H,3-9H2,1-2H3,(H,14,16)(H,15,17)/t10-,11+/m1/s1. The van der Waals surface area contributed by atoms with E-state index in [4.69, 9.17) is 0 Å². The summed E-state index contributed by atoms with van der Waals surface area (Å²) in [5, 5.41) is 5.48. The molecule has 1 fully saturated rings. The molecule has 2 N–H and O–H groups in total. The summed E-state index contributed by atoms with van der Waals surface area (Å²) in [7, 11) is 0.